The van der Waals surface area contributed by atoms with Gasteiger partial charge in [-0.3, -0.25) is 9.59 Å². The average molecular weight is 476 g/mol. The van der Waals surface area contributed by atoms with E-state index in [2.05, 4.69) is 24.9 Å². The van der Waals surface area contributed by atoms with Gasteiger partial charge in [0, 0.05) is 35.5 Å². The summed E-state index contributed by atoms with van der Waals surface area (Å²) in [5.41, 5.74) is 2.63. The lowest BCUT2D eigenvalue weighted by molar-refractivity contribution is -0.166. The molecule has 0 saturated carbocycles. The zero-order chi connectivity index (χ0) is 24.9. The first-order chi connectivity index (χ1) is 16.8. The Hall–Kier alpha value is -3.48. The van der Waals surface area contributed by atoms with Crippen molar-refractivity contribution in [1.29, 1.82) is 0 Å². The highest BCUT2D eigenvalue weighted by atomic mass is 16.5. The summed E-state index contributed by atoms with van der Waals surface area (Å²) in [7, 11) is 1.63. The first-order valence-electron chi connectivity index (χ1n) is 12.3. The van der Waals surface area contributed by atoms with Crippen LogP contribution in [0.4, 0.5) is 0 Å². The molecule has 5 rings (SSSR count). The van der Waals surface area contributed by atoms with E-state index in [0.717, 1.165) is 27.7 Å². The summed E-state index contributed by atoms with van der Waals surface area (Å²) in [4.78, 5) is 34.6. The van der Waals surface area contributed by atoms with Gasteiger partial charge in [-0.05, 0) is 37.5 Å². The highest BCUT2D eigenvalue weighted by molar-refractivity contribution is 6.01. The van der Waals surface area contributed by atoms with Crippen LogP contribution in [-0.4, -0.2) is 59.9 Å². The summed E-state index contributed by atoms with van der Waals surface area (Å²) in [5.74, 6) is 1.35. The number of hydrogen-bond acceptors (Lipinski definition) is 4. The Morgan fingerprint density at radius 3 is 2.63 bits per heavy atom. The lowest BCUT2D eigenvalue weighted by Crippen LogP contribution is -2.67. The van der Waals surface area contributed by atoms with Crippen LogP contribution in [-0.2, 0) is 15.1 Å². The predicted molar refractivity (Wildman–Crippen MR) is 135 cm³/mol. The van der Waals surface area contributed by atoms with E-state index in [1.54, 1.807) is 16.9 Å². The molecule has 2 amide bonds. The van der Waals surface area contributed by atoms with Crippen molar-refractivity contribution in [2.45, 2.75) is 39.2 Å². The predicted octanol–water partition coefficient (Wildman–Crippen LogP) is 4.26. The molecule has 1 saturated heterocycles. The normalized spacial score (nSPS) is 21.9. The van der Waals surface area contributed by atoms with Gasteiger partial charge in [-0.2, -0.15) is 0 Å². The van der Waals surface area contributed by atoms with Crippen LogP contribution >= 0.6 is 0 Å². The summed E-state index contributed by atoms with van der Waals surface area (Å²) in [6.45, 7) is 9.50. The van der Waals surface area contributed by atoms with Gasteiger partial charge in [-0.25, -0.2) is 0 Å². The summed E-state index contributed by atoms with van der Waals surface area (Å²) >= 11 is 0. The minimum absolute atomic E-state index is 0.0345. The second-order valence-corrected chi connectivity index (χ2v) is 9.98. The lowest BCUT2D eigenvalue weighted by Gasteiger charge is -2.51. The number of ether oxygens (including phenoxy) is 2. The quantitative estimate of drug-likeness (QED) is 0.578. The van der Waals surface area contributed by atoms with E-state index in [9.17, 15) is 9.59 Å². The number of rotatable bonds is 6. The third-order valence-electron chi connectivity index (χ3n) is 7.30. The third-order valence-corrected chi connectivity index (χ3v) is 7.30. The number of fused-ring (bicyclic) bond motifs is 5. The smallest absolute Gasteiger partial charge is 0.254 e. The number of aromatic amines is 1. The van der Waals surface area contributed by atoms with Crippen molar-refractivity contribution >= 4 is 22.7 Å². The molecule has 0 unspecified atom stereocenters. The van der Waals surface area contributed by atoms with E-state index >= 15 is 0 Å². The highest BCUT2D eigenvalue weighted by Crippen LogP contribution is 2.50. The van der Waals surface area contributed by atoms with Crippen LogP contribution in [0.3, 0.4) is 0 Å². The Balaban J connectivity index is 1.76. The first kappa shape index (κ1) is 23.3. The molecule has 0 bridgehead atoms. The number of nitrogens with one attached hydrogen (secondary N) is 1. The second kappa shape index (κ2) is 8.63. The standard InChI is InChI=1S/C28H33N3O4/c1-6-35-25-18(11-9-13-22(25)34-5)20-15-31-23(32)16-30(14-17(2)3)27(33)28(31,4)26-24(20)19-10-7-8-12-21(19)29-26/h7-13,17,20,29H,6,14-16H2,1-5H3/t20-,28+/m1/s1. The fourth-order valence-electron chi connectivity index (χ4n) is 5.81. The molecule has 1 aromatic heterocycles. The van der Waals surface area contributed by atoms with Gasteiger partial charge in [-0.1, -0.05) is 44.2 Å². The first-order valence-corrected chi connectivity index (χ1v) is 12.3. The minimum atomic E-state index is -1.10. The molecular weight excluding hydrogens is 442 g/mol. The van der Waals surface area contributed by atoms with Crippen molar-refractivity contribution in [3.63, 3.8) is 0 Å². The van der Waals surface area contributed by atoms with Crippen LogP contribution in [0.5, 0.6) is 11.5 Å². The Labute approximate surface area is 206 Å². The number of methoxy groups -OCH3 is 1. The molecule has 3 aromatic rings. The minimum Gasteiger partial charge on any atom is -0.493 e. The fraction of sp³-hybridized carbons (Fsp3) is 0.429. The van der Waals surface area contributed by atoms with Crippen molar-refractivity contribution < 1.29 is 19.1 Å². The Bertz CT molecular complexity index is 1300. The van der Waals surface area contributed by atoms with Gasteiger partial charge in [-0.15, -0.1) is 0 Å². The van der Waals surface area contributed by atoms with Gasteiger partial charge < -0.3 is 24.3 Å². The summed E-state index contributed by atoms with van der Waals surface area (Å²) < 4.78 is 11.7. The zero-order valence-corrected chi connectivity index (χ0v) is 21.1. The molecule has 1 fully saturated rings. The van der Waals surface area contributed by atoms with Crippen LogP contribution < -0.4 is 9.47 Å². The number of amides is 2. The largest absolute Gasteiger partial charge is 0.493 e. The van der Waals surface area contributed by atoms with E-state index in [0.29, 0.717) is 31.2 Å². The summed E-state index contributed by atoms with van der Waals surface area (Å²) in [6, 6.07) is 14.0. The van der Waals surface area contributed by atoms with Crippen molar-refractivity contribution in [1.82, 2.24) is 14.8 Å². The van der Waals surface area contributed by atoms with Crippen LogP contribution in [0, 0.1) is 5.92 Å². The lowest BCUT2D eigenvalue weighted by atomic mass is 9.76. The average Bonchev–Trinajstić information content (AvgIpc) is 3.23. The van der Waals surface area contributed by atoms with E-state index in [1.165, 1.54) is 0 Å². The molecule has 2 aliphatic heterocycles. The number of carbonyl (C=O) groups excluding carboxylic acids is 2. The maximum atomic E-state index is 14.0. The van der Waals surface area contributed by atoms with Crippen LogP contribution in [0.1, 0.15) is 50.4 Å². The summed E-state index contributed by atoms with van der Waals surface area (Å²) in [5, 5.41) is 1.06. The molecule has 3 heterocycles. The molecular formula is C28H33N3O4. The second-order valence-electron chi connectivity index (χ2n) is 9.98. The number of nitrogens with zero attached hydrogens (tertiary/aromatic N) is 2. The van der Waals surface area contributed by atoms with Crippen LogP contribution in [0.2, 0.25) is 0 Å². The zero-order valence-electron chi connectivity index (χ0n) is 21.1. The van der Waals surface area contributed by atoms with Gasteiger partial charge in [0.25, 0.3) is 5.91 Å². The molecule has 7 heteroatoms. The van der Waals surface area contributed by atoms with E-state index in [-0.39, 0.29) is 30.2 Å². The third kappa shape index (κ3) is 3.48. The maximum Gasteiger partial charge on any atom is 0.254 e. The Morgan fingerprint density at radius 1 is 1.14 bits per heavy atom. The molecule has 1 N–H and O–H groups in total. The van der Waals surface area contributed by atoms with Crippen molar-refractivity contribution in [2.75, 3.05) is 33.4 Å². The molecule has 7 nitrogen and oxygen atoms in total. The number of aromatic nitrogens is 1. The molecule has 0 spiro atoms. The SMILES string of the molecule is CCOc1c(OC)cccc1[C@H]1CN2C(=O)CN(CC(C)C)C(=O)[C@]2(C)c2[nH]c3ccccc3c21. The number of benzene rings is 2. The number of hydrogen-bond donors (Lipinski definition) is 1. The Kier molecular flexibility index (Phi) is 5.74. The van der Waals surface area contributed by atoms with Gasteiger partial charge in [0.05, 0.1) is 26.0 Å². The van der Waals surface area contributed by atoms with Crippen molar-refractivity contribution in [3.05, 3.63) is 59.3 Å². The molecule has 35 heavy (non-hydrogen) atoms. The monoisotopic (exact) mass is 475 g/mol. The van der Waals surface area contributed by atoms with Crippen LogP contribution in [0.25, 0.3) is 10.9 Å². The molecule has 0 aliphatic carbocycles. The van der Waals surface area contributed by atoms with Gasteiger partial charge in [0.1, 0.15) is 0 Å². The number of para-hydroxylation sites is 2. The number of piperazine rings is 1. The summed E-state index contributed by atoms with van der Waals surface area (Å²) in [6.07, 6.45) is 0. The van der Waals surface area contributed by atoms with Crippen LogP contribution in [0.15, 0.2) is 42.5 Å². The van der Waals surface area contributed by atoms with E-state index < -0.39 is 5.54 Å². The number of carbonyl (C=O) groups is 2. The highest BCUT2D eigenvalue weighted by Gasteiger charge is 2.56. The molecule has 2 aliphatic rings. The topological polar surface area (TPSA) is 74.9 Å². The molecule has 0 radical (unpaired) electrons. The Morgan fingerprint density at radius 2 is 1.91 bits per heavy atom. The van der Waals surface area contributed by atoms with E-state index in [1.807, 2.05) is 50.2 Å². The van der Waals surface area contributed by atoms with E-state index in [4.69, 9.17) is 9.47 Å². The maximum absolute atomic E-state index is 14.0. The fourth-order valence-corrected chi connectivity index (χ4v) is 5.81. The van der Waals surface area contributed by atoms with Gasteiger partial charge in [0.15, 0.2) is 17.0 Å². The van der Waals surface area contributed by atoms with Gasteiger partial charge in [0.2, 0.25) is 5.91 Å². The van der Waals surface area contributed by atoms with Gasteiger partial charge >= 0.3 is 0 Å². The van der Waals surface area contributed by atoms with Crippen molar-refractivity contribution in [2.24, 2.45) is 5.92 Å². The molecule has 2 aromatic carbocycles. The van der Waals surface area contributed by atoms with Crippen molar-refractivity contribution in [3.8, 4) is 11.5 Å². The molecule has 184 valence electrons. The number of H-pyrrole nitrogens is 1. The molecule has 2 atom stereocenters.